The van der Waals surface area contributed by atoms with Crippen LogP contribution in [0.5, 0.6) is 0 Å². The van der Waals surface area contributed by atoms with Crippen LogP contribution in [0.2, 0.25) is 0 Å². The first kappa shape index (κ1) is 15.4. The molecule has 1 unspecified atom stereocenters. The highest BCUT2D eigenvalue weighted by Crippen LogP contribution is 2.24. The van der Waals surface area contributed by atoms with Crippen LogP contribution < -0.4 is 5.32 Å². The SMILES string of the molecule is CCOCc1ccccc1NC(C)c1ccc(F)c(F)c1. The predicted octanol–water partition coefficient (Wildman–Crippen LogP) is 4.67. The maximum atomic E-state index is 13.3. The van der Waals surface area contributed by atoms with E-state index in [-0.39, 0.29) is 6.04 Å². The van der Waals surface area contributed by atoms with Crippen LogP contribution in [0.3, 0.4) is 0 Å². The van der Waals surface area contributed by atoms with Crippen LogP contribution in [0.15, 0.2) is 42.5 Å². The highest BCUT2D eigenvalue weighted by atomic mass is 19.2. The van der Waals surface area contributed by atoms with Crippen LogP contribution in [0, 0.1) is 11.6 Å². The van der Waals surface area contributed by atoms with Crippen molar-refractivity contribution in [2.45, 2.75) is 26.5 Å². The third-order valence-corrected chi connectivity index (χ3v) is 3.29. The molecule has 2 aromatic rings. The van der Waals surface area contributed by atoms with E-state index in [1.54, 1.807) is 6.07 Å². The lowest BCUT2D eigenvalue weighted by Crippen LogP contribution is -2.09. The van der Waals surface area contributed by atoms with Crippen molar-refractivity contribution >= 4 is 5.69 Å². The minimum Gasteiger partial charge on any atom is -0.378 e. The van der Waals surface area contributed by atoms with Gasteiger partial charge >= 0.3 is 0 Å². The maximum absolute atomic E-state index is 13.3. The third kappa shape index (κ3) is 4.02. The van der Waals surface area contributed by atoms with Gasteiger partial charge in [-0.1, -0.05) is 24.3 Å². The second-order valence-electron chi connectivity index (χ2n) is 4.83. The lowest BCUT2D eigenvalue weighted by Gasteiger charge is -2.18. The Balaban J connectivity index is 2.15. The number of hydrogen-bond acceptors (Lipinski definition) is 2. The second-order valence-corrected chi connectivity index (χ2v) is 4.83. The van der Waals surface area contributed by atoms with Crippen molar-refractivity contribution in [3.63, 3.8) is 0 Å². The van der Waals surface area contributed by atoms with Crippen LogP contribution in [0.1, 0.15) is 31.0 Å². The van der Waals surface area contributed by atoms with Crippen molar-refractivity contribution in [1.29, 1.82) is 0 Å². The summed E-state index contributed by atoms with van der Waals surface area (Å²) in [4.78, 5) is 0. The van der Waals surface area contributed by atoms with Crippen molar-refractivity contribution in [2.24, 2.45) is 0 Å². The van der Waals surface area contributed by atoms with Crippen LogP contribution in [-0.2, 0) is 11.3 Å². The normalized spacial score (nSPS) is 12.2. The maximum Gasteiger partial charge on any atom is 0.159 e. The van der Waals surface area contributed by atoms with Gasteiger partial charge in [0.2, 0.25) is 0 Å². The zero-order chi connectivity index (χ0) is 15.2. The number of ether oxygens (including phenoxy) is 1. The molecule has 2 aromatic carbocycles. The van der Waals surface area contributed by atoms with Gasteiger partial charge in [-0.2, -0.15) is 0 Å². The summed E-state index contributed by atoms with van der Waals surface area (Å²) in [5.74, 6) is -1.66. The van der Waals surface area contributed by atoms with Crippen LogP contribution in [0.4, 0.5) is 14.5 Å². The molecular formula is C17H19F2NO. The molecule has 0 aliphatic heterocycles. The van der Waals surface area contributed by atoms with Gasteiger partial charge in [0.25, 0.3) is 0 Å². The molecule has 1 atom stereocenters. The molecule has 112 valence electrons. The van der Waals surface area contributed by atoms with E-state index in [0.717, 1.165) is 17.3 Å². The highest BCUT2D eigenvalue weighted by Gasteiger charge is 2.11. The molecule has 0 radical (unpaired) electrons. The standard InChI is InChI=1S/C17H19F2NO/c1-3-21-11-14-6-4-5-7-17(14)20-12(2)13-8-9-15(18)16(19)10-13/h4-10,12,20H,3,11H2,1-2H3. The fourth-order valence-electron chi connectivity index (χ4n) is 2.10. The van der Waals surface area contributed by atoms with Crippen molar-refractivity contribution in [3.05, 3.63) is 65.2 Å². The number of para-hydroxylation sites is 1. The molecule has 1 N–H and O–H groups in total. The first-order valence-corrected chi connectivity index (χ1v) is 6.99. The van der Waals surface area contributed by atoms with E-state index in [0.29, 0.717) is 18.8 Å². The summed E-state index contributed by atoms with van der Waals surface area (Å²) in [6, 6.07) is 11.6. The summed E-state index contributed by atoms with van der Waals surface area (Å²) in [6.07, 6.45) is 0. The van der Waals surface area contributed by atoms with Gasteiger partial charge in [0, 0.05) is 23.9 Å². The Kier molecular flexibility index (Phi) is 5.28. The zero-order valence-corrected chi connectivity index (χ0v) is 12.2. The van der Waals surface area contributed by atoms with Crippen molar-refractivity contribution < 1.29 is 13.5 Å². The Morgan fingerprint density at radius 3 is 2.57 bits per heavy atom. The van der Waals surface area contributed by atoms with Gasteiger partial charge in [-0.3, -0.25) is 0 Å². The molecule has 2 rings (SSSR count). The first-order valence-electron chi connectivity index (χ1n) is 6.99. The van der Waals surface area contributed by atoms with Crippen molar-refractivity contribution in [2.75, 3.05) is 11.9 Å². The minimum atomic E-state index is -0.831. The largest absolute Gasteiger partial charge is 0.378 e. The van der Waals surface area contributed by atoms with Crippen LogP contribution in [-0.4, -0.2) is 6.61 Å². The van der Waals surface area contributed by atoms with Gasteiger partial charge in [0.05, 0.1) is 6.61 Å². The third-order valence-electron chi connectivity index (χ3n) is 3.29. The zero-order valence-electron chi connectivity index (χ0n) is 12.2. The van der Waals surface area contributed by atoms with E-state index in [9.17, 15) is 8.78 Å². The number of nitrogens with one attached hydrogen (secondary N) is 1. The smallest absolute Gasteiger partial charge is 0.159 e. The molecule has 2 nitrogen and oxygen atoms in total. The van der Waals surface area contributed by atoms with Gasteiger partial charge in [-0.05, 0) is 37.6 Å². The van der Waals surface area contributed by atoms with Gasteiger partial charge in [-0.15, -0.1) is 0 Å². The monoisotopic (exact) mass is 291 g/mol. The van der Waals surface area contributed by atoms with E-state index >= 15 is 0 Å². The quantitative estimate of drug-likeness (QED) is 0.834. The number of halogens is 2. The molecule has 0 aliphatic rings. The average molecular weight is 291 g/mol. The molecule has 21 heavy (non-hydrogen) atoms. The summed E-state index contributed by atoms with van der Waals surface area (Å²) < 4.78 is 31.7. The topological polar surface area (TPSA) is 21.3 Å². The Morgan fingerprint density at radius 2 is 1.86 bits per heavy atom. The number of rotatable bonds is 6. The van der Waals surface area contributed by atoms with E-state index in [1.165, 1.54) is 6.07 Å². The molecule has 0 heterocycles. The van der Waals surface area contributed by atoms with Gasteiger partial charge in [0.1, 0.15) is 0 Å². The lowest BCUT2D eigenvalue weighted by atomic mass is 10.1. The highest BCUT2D eigenvalue weighted by molar-refractivity contribution is 5.52. The molecule has 0 fully saturated rings. The van der Waals surface area contributed by atoms with Gasteiger partial charge < -0.3 is 10.1 Å². The summed E-state index contributed by atoms with van der Waals surface area (Å²) in [5.41, 5.74) is 2.66. The molecule has 0 spiro atoms. The van der Waals surface area contributed by atoms with E-state index in [1.807, 2.05) is 38.1 Å². The van der Waals surface area contributed by atoms with E-state index < -0.39 is 11.6 Å². The summed E-state index contributed by atoms with van der Waals surface area (Å²) >= 11 is 0. The molecule has 0 aliphatic carbocycles. The Labute approximate surface area is 123 Å². The molecule has 0 bridgehead atoms. The molecular weight excluding hydrogens is 272 g/mol. The number of anilines is 1. The van der Waals surface area contributed by atoms with Crippen LogP contribution in [0.25, 0.3) is 0 Å². The Hall–Kier alpha value is -1.94. The Morgan fingerprint density at radius 1 is 1.10 bits per heavy atom. The fraction of sp³-hybridized carbons (Fsp3) is 0.294. The molecule has 0 amide bonds. The van der Waals surface area contributed by atoms with E-state index in [2.05, 4.69) is 5.32 Å². The summed E-state index contributed by atoms with van der Waals surface area (Å²) in [7, 11) is 0. The summed E-state index contributed by atoms with van der Waals surface area (Å²) in [6.45, 7) is 5.02. The predicted molar refractivity (Wildman–Crippen MR) is 80.2 cm³/mol. The first-order chi connectivity index (χ1) is 10.1. The Bertz CT molecular complexity index is 601. The molecule has 0 aromatic heterocycles. The van der Waals surface area contributed by atoms with E-state index in [4.69, 9.17) is 4.74 Å². The van der Waals surface area contributed by atoms with Gasteiger partial charge in [-0.25, -0.2) is 8.78 Å². The lowest BCUT2D eigenvalue weighted by molar-refractivity contribution is 0.134. The molecule has 0 saturated carbocycles. The number of hydrogen-bond donors (Lipinski definition) is 1. The molecule has 0 saturated heterocycles. The van der Waals surface area contributed by atoms with Crippen molar-refractivity contribution in [1.82, 2.24) is 0 Å². The van der Waals surface area contributed by atoms with Gasteiger partial charge in [0.15, 0.2) is 11.6 Å². The summed E-state index contributed by atoms with van der Waals surface area (Å²) in [5, 5.41) is 3.31. The average Bonchev–Trinajstić information content (AvgIpc) is 2.49. The van der Waals surface area contributed by atoms with Crippen molar-refractivity contribution in [3.8, 4) is 0 Å². The minimum absolute atomic E-state index is 0.136. The number of benzene rings is 2. The second kappa shape index (κ2) is 7.18. The molecule has 4 heteroatoms. The fourth-order valence-corrected chi connectivity index (χ4v) is 2.10. The van der Waals surface area contributed by atoms with Crippen LogP contribution >= 0.6 is 0 Å².